The topological polar surface area (TPSA) is 88.5 Å². The summed E-state index contributed by atoms with van der Waals surface area (Å²) in [6.45, 7) is 1.76. The number of pyridine rings is 1. The minimum Gasteiger partial charge on any atom is -0.382 e. The fourth-order valence-corrected chi connectivity index (χ4v) is 1.56. The van der Waals surface area contributed by atoms with Gasteiger partial charge in [-0.1, -0.05) is 0 Å². The second kappa shape index (κ2) is 4.58. The van der Waals surface area contributed by atoms with E-state index < -0.39 is 0 Å². The maximum absolute atomic E-state index is 8.86. The molecule has 5 heteroatoms. The van der Waals surface area contributed by atoms with Crippen molar-refractivity contribution in [1.82, 2.24) is 15.0 Å². The van der Waals surface area contributed by atoms with E-state index in [0.29, 0.717) is 23.5 Å². The molecule has 0 aliphatic carbocycles. The zero-order valence-electron chi connectivity index (χ0n) is 9.38. The standard InChI is InChI=1S/C12H11N5/c1-8-10(7-13)12(14)17-11(16-8)6-9-2-4-15-5-3-9/h2-5H,6H2,1H3,(H2,14,16,17). The molecule has 0 aromatic carbocycles. The van der Waals surface area contributed by atoms with E-state index in [0.717, 1.165) is 5.56 Å². The highest BCUT2D eigenvalue weighted by Gasteiger charge is 2.08. The lowest BCUT2D eigenvalue weighted by Crippen LogP contribution is -2.06. The fraction of sp³-hybridized carbons (Fsp3) is 0.167. The van der Waals surface area contributed by atoms with E-state index in [2.05, 4.69) is 15.0 Å². The van der Waals surface area contributed by atoms with Crippen molar-refractivity contribution in [3.05, 3.63) is 47.2 Å². The third-order valence-electron chi connectivity index (χ3n) is 2.39. The monoisotopic (exact) mass is 225 g/mol. The summed E-state index contributed by atoms with van der Waals surface area (Å²) in [5.41, 5.74) is 7.72. The fourth-order valence-electron chi connectivity index (χ4n) is 1.56. The molecule has 0 aliphatic heterocycles. The van der Waals surface area contributed by atoms with Crippen LogP contribution >= 0.6 is 0 Å². The van der Waals surface area contributed by atoms with E-state index >= 15 is 0 Å². The molecule has 2 N–H and O–H groups in total. The number of nitrogens with zero attached hydrogens (tertiary/aromatic N) is 4. The molecular formula is C12H11N5. The first kappa shape index (κ1) is 11.0. The normalized spacial score (nSPS) is 9.88. The quantitative estimate of drug-likeness (QED) is 0.830. The third kappa shape index (κ3) is 2.37. The molecule has 0 saturated heterocycles. The Hall–Kier alpha value is -2.48. The molecule has 0 atom stereocenters. The van der Waals surface area contributed by atoms with E-state index in [1.807, 2.05) is 18.2 Å². The van der Waals surface area contributed by atoms with Crippen molar-refractivity contribution in [2.75, 3.05) is 5.73 Å². The maximum atomic E-state index is 8.86. The predicted molar refractivity (Wildman–Crippen MR) is 62.9 cm³/mol. The van der Waals surface area contributed by atoms with Gasteiger partial charge >= 0.3 is 0 Å². The van der Waals surface area contributed by atoms with Gasteiger partial charge in [0.25, 0.3) is 0 Å². The molecule has 0 spiro atoms. The van der Waals surface area contributed by atoms with E-state index in [1.54, 1.807) is 19.3 Å². The molecule has 84 valence electrons. The number of nitrogen functional groups attached to an aromatic ring is 1. The second-order valence-corrected chi connectivity index (χ2v) is 3.63. The van der Waals surface area contributed by atoms with Gasteiger partial charge in [-0.3, -0.25) is 4.98 Å². The summed E-state index contributed by atoms with van der Waals surface area (Å²) in [5.74, 6) is 0.856. The number of anilines is 1. The van der Waals surface area contributed by atoms with E-state index in [4.69, 9.17) is 11.0 Å². The van der Waals surface area contributed by atoms with Crippen LogP contribution in [0.4, 0.5) is 5.82 Å². The Morgan fingerprint density at radius 1 is 1.29 bits per heavy atom. The van der Waals surface area contributed by atoms with Crippen LogP contribution in [0, 0.1) is 18.3 Å². The van der Waals surface area contributed by atoms with E-state index in [-0.39, 0.29) is 5.82 Å². The van der Waals surface area contributed by atoms with Crippen LogP contribution in [-0.4, -0.2) is 15.0 Å². The molecule has 5 nitrogen and oxygen atoms in total. The van der Waals surface area contributed by atoms with Gasteiger partial charge in [0.05, 0.1) is 5.69 Å². The number of nitriles is 1. The first-order chi connectivity index (χ1) is 8.20. The lowest BCUT2D eigenvalue weighted by Gasteiger charge is -2.05. The number of hydrogen-bond acceptors (Lipinski definition) is 5. The Balaban J connectivity index is 2.33. The van der Waals surface area contributed by atoms with Crippen LogP contribution < -0.4 is 5.73 Å². The van der Waals surface area contributed by atoms with E-state index in [1.165, 1.54) is 0 Å². The number of rotatable bonds is 2. The molecule has 0 saturated carbocycles. The van der Waals surface area contributed by atoms with Crippen LogP contribution in [0.2, 0.25) is 0 Å². The Bertz CT molecular complexity index is 548. The van der Waals surface area contributed by atoms with Crippen LogP contribution in [0.25, 0.3) is 0 Å². The van der Waals surface area contributed by atoms with Crippen LogP contribution in [0.5, 0.6) is 0 Å². The smallest absolute Gasteiger partial charge is 0.145 e. The van der Waals surface area contributed by atoms with Gasteiger partial charge in [0.1, 0.15) is 23.3 Å². The number of hydrogen-bond donors (Lipinski definition) is 1. The highest BCUT2D eigenvalue weighted by molar-refractivity contribution is 5.50. The van der Waals surface area contributed by atoms with Crippen LogP contribution in [0.1, 0.15) is 22.6 Å². The molecule has 0 unspecified atom stereocenters. The van der Waals surface area contributed by atoms with Crippen molar-refractivity contribution in [2.24, 2.45) is 0 Å². The number of nitrogens with two attached hydrogens (primary N) is 1. The summed E-state index contributed by atoms with van der Waals surface area (Å²) in [4.78, 5) is 12.3. The van der Waals surface area contributed by atoms with Crippen molar-refractivity contribution >= 4 is 5.82 Å². The minimum absolute atomic E-state index is 0.240. The largest absolute Gasteiger partial charge is 0.382 e. The molecule has 2 rings (SSSR count). The van der Waals surface area contributed by atoms with Crippen LogP contribution in [0.3, 0.4) is 0 Å². The van der Waals surface area contributed by atoms with Gasteiger partial charge in [0.15, 0.2) is 0 Å². The average Bonchev–Trinajstić information content (AvgIpc) is 2.30. The predicted octanol–water partition coefficient (Wildman–Crippen LogP) is 1.22. The first-order valence-electron chi connectivity index (χ1n) is 5.12. The van der Waals surface area contributed by atoms with Crippen LogP contribution in [-0.2, 0) is 6.42 Å². The average molecular weight is 225 g/mol. The molecule has 2 aromatic rings. The second-order valence-electron chi connectivity index (χ2n) is 3.63. The van der Waals surface area contributed by atoms with E-state index in [9.17, 15) is 0 Å². The summed E-state index contributed by atoms with van der Waals surface area (Å²) >= 11 is 0. The molecule has 0 amide bonds. The Morgan fingerprint density at radius 2 is 2.00 bits per heavy atom. The van der Waals surface area contributed by atoms with Crippen molar-refractivity contribution in [3.8, 4) is 6.07 Å². The summed E-state index contributed by atoms with van der Waals surface area (Å²) in [5, 5.41) is 8.86. The lowest BCUT2D eigenvalue weighted by atomic mass is 10.1. The van der Waals surface area contributed by atoms with Gasteiger partial charge in [-0.25, -0.2) is 9.97 Å². The molecule has 2 aromatic heterocycles. The zero-order chi connectivity index (χ0) is 12.3. The van der Waals surface area contributed by atoms with Gasteiger partial charge in [0, 0.05) is 18.8 Å². The molecule has 0 fully saturated rings. The van der Waals surface area contributed by atoms with Gasteiger partial charge < -0.3 is 5.73 Å². The maximum Gasteiger partial charge on any atom is 0.145 e. The molecule has 2 heterocycles. The lowest BCUT2D eigenvalue weighted by molar-refractivity contribution is 0.940. The van der Waals surface area contributed by atoms with Gasteiger partial charge in [-0.05, 0) is 24.6 Å². The summed E-state index contributed by atoms with van der Waals surface area (Å²) < 4.78 is 0. The Morgan fingerprint density at radius 3 is 2.59 bits per heavy atom. The van der Waals surface area contributed by atoms with Gasteiger partial charge in [0.2, 0.25) is 0 Å². The van der Waals surface area contributed by atoms with Crippen molar-refractivity contribution in [2.45, 2.75) is 13.3 Å². The highest BCUT2D eigenvalue weighted by atomic mass is 14.9. The number of aromatic nitrogens is 3. The van der Waals surface area contributed by atoms with Crippen molar-refractivity contribution in [3.63, 3.8) is 0 Å². The summed E-state index contributed by atoms with van der Waals surface area (Å²) in [7, 11) is 0. The van der Waals surface area contributed by atoms with Gasteiger partial charge in [-0.15, -0.1) is 0 Å². The zero-order valence-corrected chi connectivity index (χ0v) is 9.38. The third-order valence-corrected chi connectivity index (χ3v) is 2.39. The molecule has 0 radical (unpaired) electrons. The number of aryl methyl sites for hydroxylation is 1. The molecule has 0 bridgehead atoms. The summed E-state index contributed by atoms with van der Waals surface area (Å²) in [6.07, 6.45) is 4.02. The van der Waals surface area contributed by atoms with Crippen LogP contribution in [0.15, 0.2) is 24.5 Å². The minimum atomic E-state index is 0.240. The SMILES string of the molecule is Cc1nc(Cc2ccncc2)nc(N)c1C#N. The summed E-state index contributed by atoms with van der Waals surface area (Å²) in [6, 6.07) is 5.79. The Labute approximate surface area is 99.0 Å². The Kier molecular flexibility index (Phi) is 2.97. The van der Waals surface area contributed by atoms with Crippen molar-refractivity contribution < 1.29 is 0 Å². The molecular weight excluding hydrogens is 214 g/mol. The van der Waals surface area contributed by atoms with Gasteiger partial charge in [-0.2, -0.15) is 5.26 Å². The molecule has 17 heavy (non-hydrogen) atoms. The first-order valence-corrected chi connectivity index (χ1v) is 5.12. The van der Waals surface area contributed by atoms with Crippen molar-refractivity contribution in [1.29, 1.82) is 5.26 Å². The molecule has 0 aliphatic rings. The highest BCUT2D eigenvalue weighted by Crippen LogP contribution is 2.13.